The largest absolute Gasteiger partial charge is 0.352 e. The minimum atomic E-state index is -0.504. The van der Waals surface area contributed by atoms with Crippen LogP contribution in [0.2, 0.25) is 0 Å². The number of carbonyl (C=O) groups excluding carboxylic acids is 2. The van der Waals surface area contributed by atoms with Gasteiger partial charge in [-0.1, -0.05) is 13.3 Å². The Bertz CT molecular complexity index is 619. The zero-order valence-corrected chi connectivity index (χ0v) is 14.6. The van der Waals surface area contributed by atoms with Crippen LogP contribution < -0.4 is 5.32 Å². The molecule has 136 valence electrons. The predicted octanol–water partition coefficient (Wildman–Crippen LogP) is 1.59. The summed E-state index contributed by atoms with van der Waals surface area (Å²) in [7, 11) is 0. The second-order valence-electron chi connectivity index (χ2n) is 6.47. The summed E-state index contributed by atoms with van der Waals surface area (Å²) in [4.78, 5) is 30.7. The van der Waals surface area contributed by atoms with E-state index in [2.05, 4.69) is 17.2 Å². The number of likely N-dealkylation sites (tertiary alicyclic amines) is 1. The molecule has 0 atom stereocenters. The first kappa shape index (κ1) is 17.8. The maximum atomic E-state index is 12.7. The van der Waals surface area contributed by atoms with Crippen molar-refractivity contribution in [3.8, 4) is 0 Å². The first-order valence-electron chi connectivity index (χ1n) is 8.94. The molecule has 3 rings (SSSR count). The number of nitrogens with zero attached hydrogens (tertiary/aromatic N) is 2. The fourth-order valence-electron chi connectivity index (χ4n) is 3.18. The number of rotatable bonds is 5. The third kappa shape index (κ3) is 4.16. The van der Waals surface area contributed by atoms with Crippen LogP contribution in [0.3, 0.4) is 0 Å². The Morgan fingerprint density at radius 3 is 2.56 bits per heavy atom. The summed E-state index contributed by atoms with van der Waals surface area (Å²) in [5, 5.41) is 2.84. The van der Waals surface area contributed by atoms with Gasteiger partial charge in [-0.2, -0.15) is 0 Å². The summed E-state index contributed by atoms with van der Waals surface area (Å²) in [5.74, 6) is -0.805. The first-order valence-corrected chi connectivity index (χ1v) is 8.94. The Kier molecular flexibility index (Phi) is 5.65. The second-order valence-corrected chi connectivity index (χ2v) is 6.47. The van der Waals surface area contributed by atoms with Crippen molar-refractivity contribution in [1.82, 2.24) is 15.2 Å². The molecule has 2 amide bonds. The lowest BCUT2D eigenvalue weighted by molar-refractivity contribution is -0.181. The molecule has 2 aliphatic heterocycles. The Hall–Kier alpha value is -1.99. The monoisotopic (exact) mass is 347 g/mol. The van der Waals surface area contributed by atoms with E-state index in [1.807, 2.05) is 0 Å². The molecule has 1 spiro atoms. The number of ether oxygens (including phenoxy) is 2. The number of hydrogen-bond acceptors (Lipinski definition) is 5. The molecule has 0 unspecified atom stereocenters. The number of unbranched alkanes of at least 4 members (excludes halogenated alkanes) is 1. The van der Waals surface area contributed by atoms with Gasteiger partial charge in [0.15, 0.2) is 5.79 Å². The fraction of sp³-hybridized carbons (Fsp3) is 0.611. The highest BCUT2D eigenvalue weighted by atomic mass is 16.7. The Balaban J connectivity index is 1.60. The normalized spacial score (nSPS) is 19.2. The summed E-state index contributed by atoms with van der Waals surface area (Å²) in [5.41, 5.74) is 0.852. The molecular weight excluding hydrogens is 322 g/mol. The SMILES string of the molecule is CCCCNC(=O)c1cncc(C(=O)N2CCC3(CC2)OCCO3)c1. The molecule has 7 nitrogen and oxygen atoms in total. The van der Waals surface area contributed by atoms with E-state index >= 15 is 0 Å². The molecule has 1 aromatic heterocycles. The summed E-state index contributed by atoms with van der Waals surface area (Å²) in [6.45, 7) is 5.08. The van der Waals surface area contributed by atoms with Crippen molar-refractivity contribution in [2.75, 3.05) is 32.8 Å². The van der Waals surface area contributed by atoms with Crippen LogP contribution in [0.4, 0.5) is 0 Å². The van der Waals surface area contributed by atoms with E-state index in [0.29, 0.717) is 56.8 Å². The highest BCUT2D eigenvalue weighted by Crippen LogP contribution is 2.31. The molecule has 0 bridgehead atoms. The van der Waals surface area contributed by atoms with Crippen LogP contribution in [0.5, 0.6) is 0 Å². The number of pyridine rings is 1. The lowest BCUT2D eigenvalue weighted by Gasteiger charge is -2.37. The second kappa shape index (κ2) is 7.93. The van der Waals surface area contributed by atoms with Crippen LogP contribution in [-0.2, 0) is 9.47 Å². The zero-order valence-electron chi connectivity index (χ0n) is 14.6. The molecule has 1 N–H and O–H groups in total. The molecule has 7 heteroatoms. The number of amides is 2. The van der Waals surface area contributed by atoms with Crippen molar-refractivity contribution in [3.05, 3.63) is 29.6 Å². The van der Waals surface area contributed by atoms with Gasteiger partial charge in [0, 0.05) is 44.9 Å². The van der Waals surface area contributed by atoms with Crippen molar-refractivity contribution in [3.63, 3.8) is 0 Å². The molecule has 0 aromatic carbocycles. The fourth-order valence-corrected chi connectivity index (χ4v) is 3.18. The summed E-state index contributed by atoms with van der Waals surface area (Å²) < 4.78 is 11.4. The van der Waals surface area contributed by atoms with Gasteiger partial charge >= 0.3 is 0 Å². The van der Waals surface area contributed by atoms with Gasteiger partial charge in [-0.25, -0.2) is 0 Å². The molecule has 3 heterocycles. The van der Waals surface area contributed by atoms with Crippen LogP contribution in [0.25, 0.3) is 0 Å². The van der Waals surface area contributed by atoms with Crippen molar-refractivity contribution < 1.29 is 19.1 Å². The third-order valence-corrected chi connectivity index (χ3v) is 4.69. The Morgan fingerprint density at radius 1 is 1.20 bits per heavy atom. The van der Waals surface area contributed by atoms with Gasteiger partial charge in [0.25, 0.3) is 11.8 Å². The van der Waals surface area contributed by atoms with Gasteiger partial charge in [0.1, 0.15) is 0 Å². The van der Waals surface area contributed by atoms with Crippen molar-refractivity contribution in [2.24, 2.45) is 0 Å². The van der Waals surface area contributed by atoms with E-state index < -0.39 is 5.79 Å². The topological polar surface area (TPSA) is 80.8 Å². The van der Waals surface area contributed by atoms with Crippen LogP contribution in [0.15, 0.2) is 18.5 Å². The zero-order chi connectivity index (χ0) is 17.7. The summed E-state index contributed by atoms with van der Waals surface area (Å²) >= 11 is 0. The van der Waals surface area contributed by atoms with Crippen LogP contribution in [-0.4, -0.2) is 60.3 Å². The molecular formula is C18H25N3O4. The van der Waals surface area contributed by atoms with Gasteiger partial charge < -0.3 is 19.7 Å². The lowest BCUT2D eigenvalue weighted by atomic mass is 10.0. The standard InChI is InChI=1S/C18H25N3O4/c1-2-3-6-20-16(22)14-11-15(13-19-12-14)17(23)21-7-4-18(5-8-21)24-9-10-25-18/h11-13H,2-10H2,1H3,(H,20,22). The van der Waals surface area contributed by atoms with E-state index in [4.69, 9.17) is 9.47 Å². The Morgan fingerprint density at radius 2 is 1.88 bits per heavy atom. The van der Waals surface area contributed by atoms with Gasteiger partial charge in [-0.05, 0) is 12.5 Å². The maximum Gasteiger partial charge on any atom is 0.255 e. The molecule has 0 saturated carbocycles. The number of piperidine rings is 1. The number of nitrogens with one attached hydrogen (secondary N) is 1. The quantitative estimate of drug-likeness (QED) is 0.818. The Labute approximate surface area is 147 Å². The molecule has 25 heavy (non-hydrogen) atoms. The van der Waals surface area contributed by atoms with Crippen LogP contribution in [0, 0.1) is 0 Å². The average molecular weight is 347 g/mol. The first-order chi connectivity index (χ1) is 12.1. The molecule has 0 aliphatic carbocycles. The van der Waals surface area contributed by atoms with E-state index in [0.717, 1.165) is 12.8 Å². The van der Waals surface area contributed by atoms with Crippen LogP contribution >= 0.6 is 0 Å². The highest BCUT2D eigenvalue weighted by molar-refractivity contribution is 5.99. The van der Waals surface area contributed by atoms with E-state index in [1.54, 1.807) is 11.0 Å². The maximum absolute atomic E-state index is 12.7. The molecule has 1 aromatic rings. The highest BCUT2D eigenvalue weighted by Gasteiger charge is 2.40. The summed E-state index contributed by atoms with van der Waals surface area (Å²) in [6, 6.07) is 1.61. The van der Waals surface area contributed by atoms with E-state index in [1.165, 1.54) is 12.4 Å². The predicted molar refractivity (Wildman–Crippen MR) is 91.3 cm³/mol. The van der Waals surface area contributed by atoms with Gasteiger partial charge in [0.05, 0.1) is 24.3 Å². The summed E-state index contributed by atoms with van der Waals surface area (Å²) in [6.07, 6.45) is 6.28. The number of hydrogen-bond donors (Lipinski definition) is 1. The molecule has 0 radical (unpaired) electrons. The average Bonchev–Trinajstić information content (AvgIpc) is 3.10. The lowest BCUT2D eigenvalue weighted by Crippen LogP contribution is -2.47. The molecule has 2 aliphatic rings. The number of carbonyl (C=O) groups is 2. The number of aromatic nitrogens is 1. The molecule has 2 fully saturated rings. The molecule has 2 saturated heterocycles. The van der Waals surface area contributed by atoms with Crippen molar-refractivity contribution >= 4 is 11.8 Å². The van der Waals surface area contributed by atoms with E-state index in [9.17, 15) is 9.59 Å². The minimum absolute atomic E-state index is 0.108. The van der Waals surface area contributed by atoms with Crippen molar-refractivity contribution in [1.29, 1.82) is 0 Å². The van der Waals surface area contributed by atoms with Gasteiger partial charge in [-0.3, -0.25) is 14.6 Å². The van der Waals surface area contributed by atoms with Crippen LogP contribution in [0.1, 0.15) is 53.3 Å². The van der Waals surface area contributed by atoms with E-state index in [-0.39, 0.29) is 11.8 Å². The van der Waals surface area contributed by atoms with Crippen molar-refractivity contribution in [2.45, 2.75) is 38.4 Å². The smallest absolute Gasteiger partial charge is 0.255 e. The minimum Gasteiger partial charge on any atom is -0.352 e. The van der Waals surface area contributed by atoms with Gasteiger partial charge in [-0.15, -0.1) is 0 Å². The third-order valence-electron chi connectivity index (χ3n) is 4.69. The van der Waals surface area contributed by atoms with Gasteiger partial charge in [0.2, 0.25) is 0 Å².